The number of hydrogen-bond acceptors (Lipinski definition) is 3. The summed E-state index contributed by atoms with van der Waals surface area (Å²) in [6, 6.07) is 6.39. The van der Waals surface area contributed by atoms with Gasteiger partial charge in [0.15, 0.2) is 9.84 Å². The Balaban J connectivity index is 3.11. The van der Waals surface area contributed by atoms with Gasteiger partial charge in [0, 0.05) is 0 Å². The van der Waals surface area contributed by atoms with Crippen molar-refractivity contribution in [2.75, 3.05) is 0 Å². The van der Waals surface area contributed by atoms with Crippen LogP contribution in [0.5, 0.6) is 0 Å². The SMILES string of the molecule is C=CCC(CC(=O)O)S(=O)(=O)c1ccc(C)cc1. The molecule has 1 rings (SSSR count). The van der Waals surface area contributed by atoms with Gasteiger partial charge < -0.3 is 5.11 Å². The molecule has 1 aromatic rings. The zero-order valence-corrected chi connectivity index (χ0v) is 11.0. The third-order valence-corrected chi connectivity index (χ3v) is 4.79. The molecule has 4 nitrogen and oxygen atoms in total. The minimum Gasteiger partial charge on any atom is -0.481 e. The van der Waals surface area contributed by atoms with Crippen LogP contribution in [0.1, 0.15) is 18.4 Å². The smallest absolute Gasteiger partial charge is 0.304 e. The molecule has 0 saturated heterocycles. The third kappa shape index (κ3) is 3.43. The first-order valence-electron chi connectivity index (χ1n) is 5.51. The Labute approximate surface area is 107 Å². The van der Waals surface area contributed by atoms with Gasteiger partial charge in [-0.3, -0.25) is 4.79 Å². The molecule has 0 aliphatic carbocycles. The van der Waals surface area contributed by atoms with Gasteiger partial charge in [0.25, 0.3) is 0 Å². The summed E-state index contributed by atoms with van der Waals surface area (Å²) in [6.45, 7) is 5.33. The van der Waals surface area contributed by atoms with Gasteiger partial charge in [-0.2, -0.15) is 0 Å². The molecule has 0 heterocycles. The van der Waals surface area contributed by atoms with Crippen molar-refractivity contribution in [3.63, 3.8) is 0 Å². The van der Waals surface area contributed by atoms with E-state index in [-0.39, 0.29) is 11.3 Å². The molecule has 0 amide bonds. The fourth-order valence-corrected chi connectivity index (χ4v) is 3.27. The molecular formula is C13H16O4S. The highest BCUT2D eigenvalue weighted by Gasteiger charge is 2.28. The molecule has 0 radical (unpaired) electrons. The van der Waals surface area contributed by atoms with Crippen molar-refractivity contribution in [3.8, 4) is 0 Å². The largest absolute Gasteiger partial charge is 0.481 e. The first kappa shape index (κ1) is 14.4. The summed E-state index contributed by atoms with van der Waals surface area (Å²) >= 11 is 0. The molecule has 0 aliphatic rings. The maximum absolute atomic E-state index is 12.3. The normalized spacial score (nSPS) is 12.9. The van der Waals surface area contributed by atoms with Gasteiger partial charge in [-0.15, -0.1) is 6.58 Å². The molecule has 1 atom stereocenters. The van der Waals surface area contributed by atoms with E-state index in [1.54, 1.807) is 12.1 Å². The zero-order valence-electron chi connectivity index (χ0n) is 10.2. The van der Waals surface area contributed by atoms with Gasteiger partial charge >= 0.3 is 5.97 Å². The van der Waals surface area contributed by atoms with Gasteiger partial charge in [0.1, 0.15) is 0 Å². The molecule has 0 spiro atoms. The van der Waals surface area contributed by atoms with Crippen LogP contribution in [0, 0.1) is 6.92 Å². The van der Waals surface area contributed by atoms with Gasteiger partial charge in [0.05, 0.1) is 16.6 Å². The number of sulfone groups is 1. The second-order valence-electron chi connectivity index (χ2n) is 4.10. The van der Waals surface area contributed by atoms with Crippen LogP contribution in [0.25, 0.3) is 0 Å². The topological polar surface area (TPSA) is 71.4 Å². The third-order valence-electron chi connectivity index (χ3n) is 2.62. The Morgan fingerprint density at radius 2 is 1.94 bits per heavy atom. The summed E-state index contributed by atoms with van der Waals surface area (Å²) in [5.74, 6) is -1.13. The van der Waals surface area contributed by atoms with Gasteiger partial charge in [0.2, 0.25) is 0 Å². The molecule has 0 aliphatic heterocycles. The molecule has 0 fully saturated rings. The molecule has 1 aromatic carbocycles. The predicted octanol–water partition coefficient (Wildman–Crippen LogP) is 2.19. The average molecular weight is 268 g/mol. The monoisotopic (exact) mass is 268 g/mol. The van der Waals surface area contributed by atoms with E-state index in [0.717, 1.165) is 5.56 Å². The highest BCUT2D eigenvalue weighted by atomic mass is 32.2. The number of benzene rings is 1. The van der Waals surface area contributed by atoms with Crippen LogP contribution in [0.15, 0.2) is 41.8 Å². The van der Waals surface area contributed by atoms with Crippen LogP contribution in [0.4, 0.5) is 0 Å². The molecule has 0 aromatic heterocycles. The van der Waals surface area contributed by atoms with E-state index < -0.39 is 27.5 Å². The zero-order chi connectivity index (χ0) is 13.8. The van der Waals surface area contributed by atoms with Crippen molar-refractivity contribution in [3.05, 3.63) is 42.5 Å². The maximum atomic E-state index is 12.3. The molecule has 0 bridgehead atoms. The quantitative estimate of drug-likeness (QED) is 0.803. The van der Waals surface area contributed by atoms with E-state index in [0.29, 0.717) is 0 Å². The fraction of sp³-hybridized carbons (Fsp3) is 0.308. The lowest BCUT2D eigenvalue weighted by Gasteiger charge is -2.14. The number of allylic oxidation sites excluding steroid dienone is 1. The van der Waals surface area contributed by atoms with E-state index in [4.69, 9.17) is 5.11 Å². The molecule has 5 heteroatoms. The molecular weight excluding hydrogens is 252 g/mol. The van der Waals surface area contributed by atoms with Gasteiger partial charge in [-0.05, 0) is 25.5 Å². The highest BCUT2D eigenvalue weighted by molar-refractivity contribution is 7.92. The average Bonchev–Trinajstić information content (AvgIpc) is 2.28. The molecule has 18 heavy (non-hydrogen) atoms. The van der Waals surface area contributed by atoms with E-state index in [2.05, 4.69) is 6.58 Å². The number of hydrogen-bond donors (Lipinski definition) is 1. The Kier molecular flexibility index (Phi) is 4.67. The summed E-state index contributed by atoms with van der Waals surface area (Å²) in [7, 11) is -3.63. The van der Waals surface area contributed by atoms with Crippen LogP contribution in [0.2, 0.25) is 0 Å². The second kappa shape index (κ2) is 5.82. The van der Waals surface area contributed by atoms with E-state index in [1.807, 2.05) is 6.92 Å². The summed E-state index contributed by atoms with van der Waals surface area (Å²) in [4.78, 5) is 10.9. The summed E-state index contributed by atoms with van der Waals surface area (Å²) in [6.07, 6.45) is 1.14. The summed E-state index contributed by atoms with van der Waals surface area (Å²) < 4.78 is 24.5. The summed E-state index contributed by atoms with van der Waals surface area (Å²) in [5.41, 5.74) is 0.951. The Bertz CT molecular complexity index is 529. The Morgan fingerprint density at radius 3 is 2.39 bits per heavy atom. The van der Waals surface area contributed by atoms with E-state index >= 15 is 0 Å². The van der Waals surface area contributed by atoms with Crippen LogP contribution in [-0.4, -0.2) is 24.7 Å². The van der Waals surface area contributed by atoms with Crippen LogP contribution < -0.4 is 0 Å². The number of rotatable bonds is 6. The van der Waals surface area contributed by atoms with Crippen LogP contribution in [0.3, 0.4) is 0 Å². The number of aliphatic carboxylic acids is 1. The lowest BCUT2D eigenvalue weighted by Crippen LogP contribution is -2.24. The van der Waals surface area contributed by atoms with E-state index in [9.17, 15) is 13.2 Å². The minimum absolute atomic E-state index is 0.127. The molecule has 0 saturated carbocycles. The fourth-order valence-electron chi connectivity index (χ4n) is 1.62. The van der Waals surface area contributed by atoms with Crippen molar-refractivity contribution in [1.29, 1.82) is 0 Å². The number of carboxylic acids is 1. The van der Waals surface area contributed by atoms with Crippen molar-refractivity contribution in [2.45, 2.75) is 29.9 Å². The summed E-state index contributed by atoms with van der Waals surface area (Å²) in [5, 5.41) is 7.80. The number of aryl methyl sites for hydroxylation is 1. The minimum atomic E-state index is -3.63. The maximum Gasteiger partial charge on any atom is 0.304 e. The number of carbonyl (C=O) groups is 1. The first-order valence-corrected chi connectivity index (χ1v) is 7.06. The van der Waals surface area contributed by atoms with Gasteiger partial charge in [-0.25, -0.2) is 8.42 Å². The van der Waals surface area contributed by atoms with E-state index in [1.165, 1.54) is 18.2 Å². The van der Waals surface area contributed by atoms with Crippen molar-refractivity contribution in [1.82, 2.24) is 0 Å². The van der Waals surface area contributed by atoms with Crippen LogP contribution >= 0.6 is 0 Å². The lowest BCUT2D eigenvalue weighted by molar-refractivity contribution is -0.137. The van der Waals surface area contributed by atoms with Crippen LogP contribution in [-0.2, 0) is 14.6 Å². The molecule has 1 unspecified atom stereocenters. The van der Waals surface area contributed by atoms with Crippen molar-refractivity contribution < 1.29 is 18.3 Å². The molecule has 98 valence electrons. The Morgan fingerprint density at radius 1 is 1.39 bits per heavy atom. The first-order chi connectivity index (χ1) is 8.37. The Hall–Kier alpha value is -1.62. The van der Waals surface area contributed by atoms with Crippen molar-refractivity contribution >= 4 is 15.8 Å². The molecule has 1 N–H and O–H groups in total. The predicted molar refractivity (Wildman–Crippen MR) is 69.2 cm³/mol. The highest BCUT2D eigenvalue weighted by Crippen LogP contribution is 2.21. The number of carboxylic acid groups (broad SMARTS) is 1. The lowest BCUT2D eigenvalue weighted by atomic mass is 10.2. The van der Waals surface area contributed by atoms with Gasteiger partial charge in [-0.1, -0.05) is 23.8 Å². The van der Waals surface area contributed by atoms with Crippen molar-refractivity contribution in [2.24, 2.45) is 0 Å². The second-order valence-corrected chi connectivity index (χ2v) is 6.33. The standard InChI is InChI=1S/C13H16O4S/c1-3-4-12(9-13(14)15)18(16,17)11-7-5-10(2)6-8-11/h3,5-8,12H,1,4,9H2,2H3,(H,14,15).